The highest BCUT2D eigenvalue weighted by Crippen LogP contribution is 2.26. The van der Waals surface area contributed by atoms with E-state index in [0.717, 1.165) is 13.0 Å². The zero-order valence-electron chi connectivity index (χ0n) is 8.54. The lowest BCUT2D eigenvalue weighted by molar-refractivity contribution is -0.120. The number of ketones is 1. The molecule has 2 nitrogen and oxygen atoms in total. The van der Waals surface area contributed by atoms with Gasteiger partial charge in [0.05, 0.1) is 6.54 Å². The van der Waals surface area contributed by atoms with E-state index in [-0.39, 0.29) is 0 Å². The lowest BCUT2D eigenvalue weighted by atomic mass is 10.00. The zero-order chi connectivity index (χ0) is 9.97. The Kier molecular flexibility index (Phi) is 2.82. The summed E-state index contributed by atoms with van der Waals surface area (Å²) < 4.78 is 0. The highest BCUT2D eigenvalue weighted by atomic mass is 16.1. The molecule has 0 aromatic heterocycles. The first-order valence-electron chi connectivity index (χ1n) is 5.39. The molecule has 14 heavy (non-hydrogen) atoms. The average Bonchev–Trinajstić information content (AvgIpc) is 2.57. The van der Waals surface area contributed by atoms with Crippen LogP contribution in [0.25, 0.3) is 0 Å². The van der Waals surface area contributed by atoms with E-state index in [1.165, 1.54) is 18.4 Å². The van der Waals surface area contributed by atoms with Crippen molar-refractivity contribution >= 4 is 5.78 Å². The maximum atomic E-state index is 11.5. The Labute approximate surface area is 85.3 Å². The van der Waals surface area contributed by atoms with Gasteiger partial charge >= 0.3 is 0 Å². The van der Waals surface area contributed by atoms with Gasteiger partial charge in [0.15, 0.2) is 0 Å². The van der Waals surface area contributed by atoms with Gasteiger partial charge in [-0.25, -0.2) is 0 Å². The van der Waals surface area contributed by atoms with Crippen LogP contribution in [0, 0.1) is 0 Å². The number of fused-ring (bicyclic) bond motifs is 1. The predicted molar refractivity (Wildman–Crippen MR) is 57.1 cm³/mol. The number of hydrogen-bond donors (Lipinski definition) is 0. The Morgan fingerprint density at radius 1 is 1.57 bits per heavy atom. The first-order chi connectivity index (χ1) is 6.81. The van der Waals surface area contributed by atoms with Crippen molar-refractivity contribution in [3.05, 3.63) is 24.3 Å². The fourth-order valence-electron chi connectivity index (χ4n) is 2.45. The minimum Gasteiger partial charge on any atom is -0.298 e. The molecule has 1 unspecified atom stereocenters. The summed E-state index contributed by atoms with van der Waals surface area (Å²) in [5.41, 5.74) is 1.33. The van der Waals surface area contributed by atoms with Crippen LogP contribution in [0.5, 0.6) is 0 Å². The molecule has 0 aromatic rings. The fraction of sp³-hybridized carbons (Fsp3) is 0.583. The number of carbonyl (C=O) groups is 1. The molecule has 0 spiro atoms. The molecule has 2 heteroatoms. The predicted octanol–water partition coefficient (Wildman–Crippen LogP) is 1.93. The van der Waals surface area contributed by atoms with Crippen molar-refractivity contribution < 1.29 is 4.79 Å². The molecule has 1 saturated heterocycles. The Hall–Kier alpha value is -0.890. The van der Waals surface area contributed by atoms with Crippen LogP contribution < -0.4 is 0 Å². The Morgan fingerprint density at radius 3 is 3.21 bits per heavy atom. The first kappa shape index (κ1) is 9.66. The van der Waals surface area contributed by atoms with E-state index in [0.29, 0.717) is 24.8 Å². The van der Waals surface area contributed by atoms with Crippen molar-refractivity contribution in [2.24, 2.45) is 0 Å². The van der Waals surface area contributed by atoms with Gasteiger partial charge in [0.1, 0.15) is 5.78 Å². The van der Waals surface area contributed by atoms with Crippen LogP contribution in [0.1, 0.15) is 25.7 Å². The molecule has 2 aliphatic rings. The second kappa shape index (κ2) is 4.09. The molecule has 0 aliphatic carbocycles. The third-order valence-corrected chi connectivity index (χ3v) is 3.17. The van der Waals surface area contributed by atoms with Crippen LogP contribution >= 0.6 is 0 Å². The molecule has 0 N–H and O–H groups in total. The second-order valence-corrected chi connectivity index (χ2v) is 4.11. The number of hydrogen-bond acceptors (Lipinski definition) is 2. The van der Waals surface area contributed by atoms with Crippen LogP contribution in [0.4, 0.5) is 0 Å². The normalized spacial score (nSPS) is 32.7. The average molecular weight is 191 g/mol. The minimum absolute atomic E-state index is 0.385. The quantitative estimate of drug-likeness (QED) is 0.631. The highest BCUT2D eigenvalue weighted by Gasteiger charge is 2.28. The number of rotatable bonds is 1. The van der Waals surface area contributed by atoms with Gasteiger partial charge in [0.25, 0.3) is 0 Å². The Balaban J connectivity index is 2.21. The van der Waals surface area contributed by atoms with E-state index in [4.69, 9.17) is 0 Å². The van der Waals surface area contributed by atoms with E-state index < -0.39 is 0 Å². The van der Waals surface area contributed by atoms with Gasteiger partial charge in [-0.05, 0) is 31.4 Å². The summed E-state index contributed by atoms with van der Waals surface area (Å²) in [6.45, 7) is 5.58. The van der Waals surface area contributed by atoms with Crippen molar-refractivity contribution in [2.45, 2.75) is 31.7 Å². The van der Waals surface area contributed by atoms with Gasteiger partial charge in [-0.15, -0.1) is 0 Å². The lowest BCUT2D eigenvalue weighted by Crippen LogP contribution is -2.36. The topological polar surface area (TPSA) is 20.3 Å². The van der Waals surface area contributed by atoms with Crippen molar-refractivity contribution in [3.8, 4) is 0 Å². The summed E-state index contributed by atoms with van der Waals surface area (Å²) in [5, 5.41) is 0. The van der Waals surface area contributed by atoms with Crippen LogP contribution in [-0.2, 0) is 4.79 Å². The maximum Gasteiger partial charge on any atom is 0.147 e. The molecule has 1 fully saturated rings. The Morgan fingerprint density at radius 2 is 2.43 bits per heavy atom. The summed E-state index contributed by atoms with van der Waals surface area (Å²) in [7, 11) is 0. The standard InChI is InChI=1S/C12H17NO/c1-2-10-5-3-6-11(14)9-13-8-4-7-12(10)13/h2,5,12H,1,3-4,6-9H2/b10-5-. The van der Waals surface area contributed by atoms with E-state index in [1.54, 1.807) is 0 Å². The van der Waals surface area contributed by atoms with Crippen molar-refractivity contribution in [1.82, 2.24) is 4.90 Å². The molecule has 1 atom stereocenters. The van der Waals surface area contributed by atoms with Gasteiger partial charge in [-0.1, -0.05) is 18.7 Å². The van der Waals surface area contributed by atoms with Crippen LogP contribution in [0.15, 0.2) is 24.3 Å². The van der Waals surface area contributed by atoms with Crippen molar-refractivity contribution in [1.29, 1.82) is 0 Å². The summed E-state index contributed by atoms with van der Waals surface area (Å²) >= 11 is 0. The number of Topliss-reactive ketones (excluding diaryl/α,β-unsaturated/α-hetero) is 1. The molecular formula is C12H17NO. The number of carbonyl (C=O) groups excluding carboxylic acids is 1. The molecule has 2 rings (SSSR count). The van der Waals surface area contributed by atoms with Crippen LogP contribution in [-0.4, -0.2) is 29.8 Å². The van der Waals surface area contributed by atoms with E-state index in [2.05, 4.69) is 17.6 Å². The van der Waals surface area contributed by atoms with Crippen molar-refractivity contribution in [2.75, 3.05) is 13.1 Å². The van der Waals surface area contributed by atoms with Gasteiger partial charge in [0.2, 0.25) is 0 Å². The summed E-state index contributed by atoms with van der Waals surface area (Å²) in [6.07, 6.45) is 8.13. The maximum absolute atomic E-state index is 11.5. The third-order valence-electron chi connectivity index (χ3n) is 3.17. The second-order valence-electron chi connectivity index (χ2n) is 4.11. The fourth-order valence-corrected chi connectivity index (χ4v) is 2.45. The number of nitrogens with zero attached hydrogens (tertiary/aromatic N) is 1. The number of allylic oxidation sites excluding steroid dienone is 1. The molecule has 0 amide bonds. The van der Waals surface area contributed by atoms with Gasteiger partial charge < -0.3 is 0 Å². The zero-order valence-corrected chi connectivity index (χ0v) is 8.54. The SMILES string of the molecule is C=C/C1=C/CCC(=O)CN2CCCC12. The molecule has 2 heterocycles. The monoisotopic (exact) mass is 191 g/mol. The van der Waals surface area contributed by atoms with Crippen molar-refractivity contribution in [3.63, 3.8) is 0 Å². The van der Waals surface area contributed by atoms with E-state index in [1.807, 2.05) is 6.08 Å². The van der Waals surface area contributed by atoms with Gasteiger partial charge in [-0.2, -0.15) is 0 Å². The van der Waals surface area contributed by atoms with Crippen LogP contribution in [0.3, 0.4) is 0 Å². The Bertz CT molecular complexity index is 280. The van der Waals surface area contributed by atoms with E-state index in [9.17, 15) is 4.79 Å². The highest BCUT2D eigenvalue weighted by molar-refractivity contribution is 5.81. The largest absolute Gasteiger partial charge is 0.298 e. The van der Waals surface area contributed by atoms with Gasteiger partial charge in [0, 0.05) is 12.5 Å². The molecule has 0 radical (unpaired) electrons. The molecule has 0 saturated carbocycles. The first-order valence-corrected chi connectivity index (χ1v) is 5.39. The summed E-state index contributed by atoms with van der Waals surface area (Å²) in [6, 6.07) is 0.469. The lowest BCUT2D eigenvalue weighted by Gasteiger charge is -2.26. The van der Waals surface area contributed by atoms with Gasteiger partial charge in [-0.3, -0.25) is 9.69 Å². The molecule has 0 aromatic carbocycles. The molecular weight excluding hydrogens is 174 g/mol. The van der Waals surface area contributed by atoms with E-state index >= 15 is 0 Å². The molecule has 76 valence electrons. The minimum atomic E-state index is 0.385. The van der Waals surface area contributed by atoms with Crippen LogP contribution in [0.2, 0.25) is 0 Å². The smallest absolute Gasteiger partial charge is 0.147 e. The summed E-state index contributed by atoms with van der Waals surface area (Å²) in [4.78, 5) is 13.8. The molecule has 0 bridgehead atoms. The molecule has 2 aliphatic heterocycles. The summed E-state index contributed by atoms with van der Waals surface area (Å²) in [5.74, 6) is 0.385. The third kappa shape index (κ3) is 1.80.